The standard InChI is InChI=1S/C17H30N2O2/c1-19(7-8-21-11-12-5-6-12)17(20)15-9-13-3-2-4-14(10-15)16(13)18/h12-16H,2-11,18H2,1H3. The van der Waals surface area contributed by atoms with Crippen molar-refractivity contribution >= 4 is 5.91 Å². The van der Waals surface area contributed by atoms with Crippen molar-refractivity contribution in [1.29, 1.82) is 0 Å². The van der Waals surface area contributed by atoms with Crippen molar-refractivity contribution in [2.45, 2.75) is 51.0 Å². The molecule has 3 saturated carbocycles. The van der Waals surface area contributed by atoms with Gasteiger partial charge >= 0.3 is 0 Å². The van der Waals surface area contributed by atoms with Gasteiger partial charge in [-0.2, -0.15) is 0 Å². The van der Waals surface area contributed by atoms with E-state index in [4.69, 9.17) is 10.5 Å². The number of nitrogens with zero attached hydrogens (tertiary/aromatic N) is 1. The van der Waals surface area contributed by atoms with Crippen LogP contribution >= 0.6 is 0 Å². The summed E-state index contributed by atoms with van der Waals surface area (Å²) >= 11 is 0. The number of carbonyl (C=O) groups excluding carboxylic acids is 1. The van der Waals surface area contributed by atoms with Crippen molar-refractivity contribution in [3.63, 3.8) is 0 Å². The molecule has 3 aliphatic rings. The lowest BCUT2D eigenvalue weighted by atomic mass is 9.65. The van der Waals surface area contributed by atoms with Gasteiger partial charge in [-0.3, -0.25) is 4.79 Å². The molecule has 0 aromatic carbocycles. The Bertz CT molecular complexity index is 356. The molecule has 0 aliphatic heterocycles. The molecule has 21 heavy (non-hydrogen) atoms. The summed E-state index contributed by atoms with van der Waals surface area (Å²) in [7, 11) is 1.92. The molecule has 0 saturated heterocycles. The number of hydrogen-bond donors (Lipinski definition) is 1. The third-order valence-corrected chi connectivity index (χ3v) is 5.76. The maximum absolute atomic E-state index is 12.6. The van der Waals surface area contributed by atoms with Crippen LogP contribution in [-0.2, 0) is 9.53 Å². The van der Waals surface area contributed by atoms with Crippen LogP contribution in [0.2, 0.25) is 0 Å². The largest absolute Gasteiger partial charge is 0.379 e. The van der Waals surface area contributed by atoms with Gasteiger partial charge in [-0.05, 0) is 56.3 Å². The molecule has 1 amide bonds. The quantitative estimate of drug-likeness (QED) is 0.763. The van der Waals surface area contributed by atoms with Crippen LogP contribution in [0.3, 0.4) is 0 Å². The maximum atomic E-state index is 12.6. The Morgan fingerprint density at radius 2 is 1.86 bits per heavy atom. The molecule has 2 atom stereocenters. The summed E-state index contributed by atoms with van der Waals surface area (Å²) < 4.78 is 5.64. The molecule has 0 aromatic rings. The number of fused-ring (bicyclic) bond motifs is 2. The lowest BCUT2D eigenvalue weighted by molar-refractivity contribution is -0.138. The SMILES string of the molecule is CN(CCOCC1CC1)C(=O)C1CC2CCCC(C1)C2N. The number of rotatable bonds is 6. The molecule has 2 N–H and O–H groups in total. The van der Waals surface area contributed by atoms with Gasteiger partial charge in [0.2, 0.25) is 5.91 Å². The Morgan fingerprint density at radius 3 is 2.48 bits per heavy atom. The van der Waals surface area contributed by atoms with E-state index >= 15 is 0 Å². The fraction of sp³-hybridized carbons (Fsp3) is 0.941. The highest BCUT2D eigenvalue weighted by Gasteiger charge is 2.41. The van der Waals surface area contributed by atoms with Crippen molar-refractivity contribution in [2.24, 2.45) is 29.4 Å². The highest BCUT2D eigenvalue weighted by atomic mass is 16.5. The lowest BCUT2D eigenvalue weighted by Gasteiger charge is -2.44. The minimum atomic E-state index is 0.202. The Balaban J connectivity index is 1.43. The number of hydrogen-bond acceptors (Lipinski definition) is 3. The highest BCUT2D eigenvalue weighted by molar-refractivity contribution is 5.78. The van der Waals surface area contributed by atoms with E-state index in [9.17, 15) is 4.79 Å². The molecule has 0 spiro atoms. The van der Waals surface area contributed by atoms with E-state index in [1.165, 1.54) is 32.1 Å². The topological polar surface area (TPSA) is 55.6 Å². The monoisotopic (exact) mass is 294 g/mol. The molecule has 3 rings (SSSR count). The zero-order chi connectivity index (χ0) is 14.8. The van der Waals surface area contributed by atoms with Gasteiger partial charge in [0.15, 0.2) is 0 Å². The van der Waals surface area contributed by atoms with Crippen LogP contribution < -0.4 is 5.73 Å². The van der Waals surface area contributed by atoms with Gasteiger partial charge in [0, 0.05) is 32.2 Å². The van der Waals surface area contributed by atoms with Crippen molar-refractivity contribution in [1.82, 2.24) is 4.90 Å². The summed E-state index contributed by atoms with van der Waals surface area (Å²) in [5, 5.41) is 0. The molecule has 2 bridgehead atoms. The van der Waals surface area contributed by atoms with E-state index in [-0.39, 0.29) is 5.92 Å². The molecule has 0 aromatic heterocycles. The van der Waals surface area contributed by atoms with Crippen molar-refractivity contribution in [3.05, 3.63) is 0 Å². The Kier molecular flexibility index (Phi) is 4.85. The first-order valence-electron chi connectivity index (χ1n) is 8.73. The van der Waals surface area contributed by atoms with E-state index in [1.807, 2.05) is 11.9 Å². The first-order chi connectivity index (χ1) is 10.1. The van der Waals surface area contributed by atoms with E-state index < -0.39 is 0 Å². The van der Waals surface area contributed by atoms with E-state index in [0.29, 0.717) is 30.4 Å². The van der Waals surface area contributed by atoms with Crippen LogP contribution in [0, 0.1) is 23.7 Å². The van der Waals surface area contributed by atoms with Gasteiger partial charge in [-0.25, -0.2) is 0 Å². The maximum Gasteiger partial charge on any atom is 0.225 e. The predicted molar refractivity (Wildman–Crippen MR) is 82.7 cm³/mol. The number of amides is 1. The van der Waals surface area contributed by atoms with Gasteiger partial charge < -0.3 is 15.4 Å². The summed E-state index contributed by atoms with van der Waals surface area (Å²) in [6.07, 6.45) is 8.38. The normalized spacial score (nSPS) is 35.5. The van der Waals surface area contributed by atoms with Crippen molar-refractivity contribution < 1.29 is 9.53 Å². The van der Waals surface area contributed by atoms with Gasteiger partial charge in [0.1, 0.15) is 0 Å². The minimum absolute atomic E-state index is 0.202. The molecule has 120 valence electrons. The van der Waals surface area contributed by atoms with E-state index in [0.717, 1.165) is 31.9 Å². The van der Waals surface area contributed by atoms with Crippen LogP contribution in [0.15, 0.2) is 0 Å². The number of ether oxygens (including phenoxy) is 1. The van der Waals surface area contributed by atoms with Crippen LogP contribution in [0.4, 0.5) is 0 Å². The highest BCUT2D eigenvalue weighted by Crippen LogP contribution is 2.42. The van der Waals surface area contributed by atoms with Crippen LogP contribution in [0.5, 0.6) is 0 Å². The molecule has 3 fully saturated rings. The molecule has 2 unspecified atom stereocenters. The van der Waals surface area contributed by atoms with Gasteiger partial charge in [-0.15, -0.1) is 0 Å². The summed E-state index contributed by atoms with van der Waals surface area (Å²) in [6.45, 7) is 2.28. The number of carbonyl (C=O) groups is 1. The third kappa shape index (κ3) is 3.78. The second-order valence-electron chi connectivity index (χ2n) is 7.47. The second-order valence-corrected chi connectivity index (χ2v) is 7.47. The van der Waals surface area contributed by atoms with Gasteiger partial charge in [0.05, 0.1) is 6.61 Å². The molecule has 0 heterocycles. The Hall–Kier alpha value is -0.610. The Morgan fingerprint density at radius 1 is 1.19 bits per heavy atom. The molecular formula is C17H30N2O2. The summed E-state index contributed by atoms with van der Waals surface area (Å²) in [6, 6.07) is 0.343. The molecular weight excluding hydrogens is 264 g/mol. The molecule has 4 nitrogen and oxygen atoms in total. The van der Waals surface area contributed by atoms with Crippen molar-refractivity contribution in [3.8, 4) is 0 Å². The number of nitrogens with two attached hydrogens (primary N) is 1. The van der Waals surface area contributed by atoms with Crippen LogP contribution in [0.1, 0.15) is 44.9 Å². The summed E-state index contributed by atoms with van der Waals surface area (Å²) in [5.74, 6) is 2.46. The van der Waals surface area contributed by atoms with Gasteiger partial charge in [-0.1, -0.05) is 6.42 Å². The van der Waals surface area contributed by atoms with Crippen molar-refractivity contribution in [2.75, 3.05) is 26.8 Å². The second kappa shape index (κ2) is 6.66. The zero-order valence-corrected chi connectivity index (χ0v) is 13.3. The van der Waals surface area contributed by atoms with Gasteiger partial charge in [0.25, 0.3) is 0 Å². The van der Waals surface area contributed by atoms with E-state index in [2.05, 4.69) is 0 Å². The van der Waals surface area contributed by atoms with Crippen LogP contribution in [-0.4, -0.2) is 43.7 Å². The predicted octanol–water partition coefficient (Wildman–Crippen LogP) is 2.02. The fourth-order valence-corrected chi connectivity index (χ4v) is 4.15. The first kappa shape index (κ1) is 15.3. The smallest absolute Gasteiger partial charge is 0.225 e. The fourth-order valence-electron chi connectivity index (χ4n) is 4.15. The Labute approximate surface area is 128 Å². The molecule has 4 heteroatoms. The summed E-state index contributed by atoms with van der Waals surface area (Å²) in [5.41, 5.74) is 6.31. The molecule has 0 radical (unpaired) electrons. The average molecular weight is 294 g/mol. The molecule has 3 aliphatic carbocycles. The van der Waals surface area contributed by atoms with Crippen LogP contribution in [0.25, 0.3) is 0 Å². The average Bonchev–Trinajstić information content (AvgIpc) is 3.26. The first-order valence-corrected chi connectivity index (χ1v) is 8.73. The zero-order valence-electron chi connectivity index (χ0n) is 13.3. The minimum Gasteiger partial charge on any atom is -0.379 e. The summed E-state index contributed by atoms with van der Waals surface area (Å²) in [4.78, 5) is 14.5. The number of likely N-dealkylation sites (N-methyl/N-ethyl adjacent to an activating group) is 1. The van der Waals surface area contributed by atoms with E-state index in [1.54, 1.807) is 0 Å². The lowest BCUT2D eigenvalue weighted by Crippen LogP contribution is -2.49. The third-order valence-electron chi connectivity index (χ3n) is 5.76.